The highest BCUT2D eigenvalue weighted by Gasteiger charge is 2.28. The highest BCUT2D eigenvalue weighted by atomic mass is 28.3. The summed E-state index contributed by atoms with van der Waals surface area (Å²) in [6.45, 7) is 19.6. The Morgan fingerprint density at radius 2 is 1.26 bits per heavy atom. The average Bonchev–Trinajstić information content (AvgIpc) is 2.81. The number of amides is 2. The number of carbonyl (C=O) groups excluding carboxylic acids is 2. The van der Waals surface area contributed by atoms with Crippen LogP contribution in [0.25, 0.3) is 0 Å². The molecule has 0 saturated carbocycles. The molecule has 0 aliphatic rings. The Kier molecular flexibility index (Phi) is 16.0. The lowest BCUT2D eigenvalue weighted by atomic mass is 10.3. The fourth-order valence-electron chi connectivity index (χ4n) is 4.65. The topological polar surface area (TPSA) is 58.6 Å². The molecule has 0 aromatic carbocycles. The largest absolute Gasteiger partial charge is 0.461 e. The molecule has 0 atom stereocenters. The predicted octanol–water partition coefficient (Wildman–Crippen LogP) is 6.52. The maximum absolute atomic E-state index is 12.9. The normalized spacial score (nSPS) is 11.8. The summed E-state index contributed by atoms with van der Waals surface area (Å²) < 4.78 is 4.98. The van der Waals surface area contributed by atoms with Gasteiger partial charge in [0.05, 0.1) is 22.7 Å². The molecule has 0 aromatic heterocycles. The molecule has 0 bridgehead atoms. The molecule has 0 aromatic rings. The van der Waals surface area contributed by atoms with Crippen molar-refractivity contribution in [2.24, 2.45) is 0 Å². The van der Waals surface area contributed by atoms with Crippen LogP contribution in [0.3, 0.4) is 0 Å². The van der Waals surface area contributed by atoms with Crippen molar-refractivity contribution >= 4 is 28.1 Å². The molecule has 0 rings (SSSR count). The van der Waals surface area contributed by atoms with Crippen LogP contribution in [-0.4, -0.2) is 59.3 Å². The van der Waals surface area contributed by atoms with Crippen LogP contribution in [0.4, 0.5) is 4.79 Å². The van der Waals surface area contributed by atoms with Gasteiger partial charge in [-0.2, -0.15) is 0 Å². The van der Waals surface area contributed by atoms with Crippen molar-refractivity contribution in [1.82, 2.24) is 10.2 Å². The van der Waals surface area contributed by atoms with Crippen LogP contribution in [-0.2, 0) is 9.53 Å². The maximum atomic E-state index is 12.9. The molecule has 0 fully saturated rings. The van der Waals surface area contributed by atoms with Crippen LogP contribution < -0.4 is 5.32 Å². The summed E-state index contributed by atoms with van der Waals surface area (Å²) in [6, 6.07) is 10.6. The first kappa shape index (κ1) is 29.9. The van der Waals surface area contributed by atoms with Gasteiger partial charge in [-0.05, 0) is 12.8 Å². The minimum atomic E-state index is -1.16. The Hall–Kier alpha value is -1.09. The van der Waals surface area contributed by atoms with E-state index in [0.29, 0.717) is 6.54 Å². The van der Waals surface area contributed by atoms with Gasteiger partial charge in [0, 0.05) is 19.2 Å². The number of rotatable bonds is 18. The fraction of sp³-hybridized carbons (Fsp3) is 0.833. The fourth-order valence-corrected chi connectivity index (χ4v) is 11.6. The highest BCUT2D eigenvalue weighted by Crippen LogP contribution is 2.28. The molecular formula is C24H50N2O3Si2. The molecule has 0 unspecified atom stereocenters. The first-order valence-electron chi connectivity index (χ1n) is 12.6. The van der Waals surface area contributed by atoms with E-state index in [2.05, 4.69) is 53.4 Å². The first-order chi connectivity index (χ1) is 14.8. The van der Waals surface area contributed by atoms with Gasteiger partial charge in [0.2, 0.25) is 0 Å². The summed E-state index contributed by atoms with van der Waals surface area (Å²) in [7, 11) is -2.33. The van der Waals surface area contributed by atoms with Crippen LogP contribution in [0.2, 0.25) is 48.4 Å². The molecule has 7 heteroatoms. The maximum Gasteiger partial charge on any atom is 0.330 e. The molecule has 2 amide bonds. The Morgan fingerprint density at radius 1 is 0.839 bits per heavy atom. The van der Waals surface area contributed by atoms with Gasteiger partial charge in [-0.3, -0.25) is 0 Å². The second-order valence-electron chi connectivity index (χ2n) is 8.92. The van der Waals surface area contributed by atoms with E-state index in [1.807, 2.05) is 4.90 Å². The van der Waals surface area contributed by atoms with Crippen LogP contribution in [0.15, 0.2) is 12.7 Å². The molecule has 0 spiro atoms. The third kappa shape index (κ3) is 10.9. The van der Waals surface area contributed by atoms with Gasteiger partial charge >= 0.3 is 12.0 Å². The van der Waals surface area contributed by atoms with Crippen molar-refractivity contribution in [1.29, 1.82) is 0 Å². The van der Waals surface area contributed by atoms with Gasteiger partial charge < -0.3 is 15.0 Å². The van der Waals surface area contributed by atoms with Crippen molar-refractivity contribution in [3.05, 3.63) is 12.7 Å². The highest BCUT2D eigenvalue weighted by molar-refractivity contribution is 6.80. The molecule has 0 radical (unpaired) electrons. The summed E-state index contributed by atoms with van der Waals surface area (Å²) >= 11 is 0. The number of nitrogens with zero attached hydrogens (tertiary/aromatic N) is 1. The monoisotopic (exact) mass is 470 g/mol. The molecule has 182 valence electrons. The lowest BCUT2D eigenvalue weighted by Crippen LogP contribution is -2.43. The van der Waals surface area contributed by atoms with E-state index < -0.39 is 22.1 Å². The lowest BCUT2D eigenvalue weighted by Gasteiger charge is -2.31. The van der Waals surface area contributed by atoms with E-state index in [9.17, 15) is 9.59 Å². The van der Waals surface area contributed by atoms with E-state index >= 15 is 0 Å². The number of hydrogen-bond acceptors (Lipinski definition) is 3. The van der Waals surface area contributed by atoms with Gasteiger partial charge in [0.25, 0.3) is 0 Å². The Morgan fingerprint density at radius 3 is 1.61 bits per heavy atom. The molecule has 5 nitrogen and oxygen atoms in total. The summed E-state index contributed by atoms with van der Waals surface area (Å²) in [5.41, 5.74) is 0. The minimum absolute atomic E-state index is 0.0248. The van der Waals surface area contributed by atoms with Crippen molar-refractivity contribution in [3.8, 4) is 0 Å². The molecule has 31 heavy (non-hydrogen) atoms. The van der Waals surface area contributed by atoms with E-state index in [1.54, 1.807) is 0 Å². The molecule has 0 saturated heterocycles. The summed E-state index contributed by atoms with van der Waals surface area (Å²) in [4.78, 5) is 26.0. The van der Waals surface area contributed by atoms with Gasteiger partial charge in [-0.25, -0.2) is 9.59 Å². The number of nitrogens with one attached hydrogen (secondary N) is 1. The van der Waals surface area contributed by atoms with Crippen LogP contribution in [0, 0.1) is 0 Å². The number of esters is 1. The average molecular weight is 471 g/mol. The summed E-state index contributed by atoms with van der Waals surface area (Å²) in [5, 5.41) is 2.94. The van der Waals surface area contributed by atoms with Crippen molar-refractivity contribution in [2.75, 3.05) is 26.2 Å². The SMILES string of the molecule is C=CC(=O)OCCNC(=O)N(CCC[Si](CC)(CC)CC)CCC[Si](CC)(CC)CC. The number of hydrogen-bond donors (Lipinski definition) is 1. The van der Waals surface area contributed by atoms with Crippen molar-refractivity contribution in [2.45, 2.75) is 103 Å². The van der Waals surface area contributed by atoms with Gasteiger partial charge in [-0.15, -0.1) is 0 Å². The number of carbonyl (C=O) groups is 2. The van der Waals surface area contributed by atoms with E-state index in [1.165, 1.54) is 48.4 Å². The van der Waals surface area contributed by atoms with Crippen LogP contribution >= 0.6 is 0 Å². The summed E-state index contributed by atoms with van der Waals surface area (Å²) in [6.07, 6.45) is 3.34. The van der Waals surface area contributed by atoms with Gasteiger partial charge in [-0.1, -0.05) is 96.5 Å². The zero-order valence-corrected chi connectivity index (χ0v) is 23.4. The number of urea groups is 1. The third-order valence-corrected chi connectivity index (χ3v) is 19.7. The van der Waals surface area contributed by atoms with Crippen LogP contribution in [0.5, 0.6) is 0 Å². The zero-order valence-electron chi connectivity index (χ0n) is 21.4. The standard InChI is InChI=1S/C24H50N2O3Si2/c1-8-23(27)29-20-17-25-24(28)26(18-15-21-30(9-2,10-3)11-4)19-16-22-31(12-5,13-6)14-7/h8H,1,9-22H2,2-7H3,(H,25,28). The zero-order chi connectivity index (χ0) is 23.8. The minimum Gasteiger partial charge on any atom is -0.461 e. The van der Waals surface area contributed by atoms with Crippen molar-refractivity contribution in [3.63, 3.8) is 0 Å². The smallest absolute Gasteiger partial charge is 0.330 e. The lowest BCUT2D eigenvalue weighted by molar-refractivity contribution is -0.137. The third-order valence-electron chi connectivity index (χ3n) is 7.85. The quantitative estimate of drug-likeness (QED) is 0.107. The molecule has 0 aliphatic heterocycles. The number of ether oxygens (including phenoxy) is 1. The summed E-state index contributed by atoms with van der Waals surface area (Å²) in [5.74, 6) is -0.453. The Bertz CT molecular complexity index is 478. The first-order valence-corrected chi connectivity index (χ1v) is 18.3. The Balaban J connectivity index is 4.88. The van der Waals surface area contributed by atoms with Crippen LogP contribution in [0.1, 0.15) is 54.4 Å². The van der Waals surface area contributed by atoms with Crippen molar-refractivity contribution < 1.29 is 14.3 Å². The van der Waals surface area contributed by atoms with E-state index in [4.69, 9.17) is 4.74 Å². The predicted molar refractivity (Wildman–Crippen MR) is 139 cm³/mol. The van der Waals surface area contributed by atoms with E-state index in [-0.39, 0.29) is 12.6 Å². The molecular weight excluding hydrogens is 420 g/mol. The molecule has 0 heterocycles. The second-order valence-corrected chi connectivity index (χ2v) is 20.2. The molecule has 0 aliphatic carbocycles. The molecule has 1 N–H and O–H groups in total. The van der Waals surface area contributed by atoms with Gasteiger partial charge in [0.15, 0.2) is 0 Å². The Labute approximate surface area is 194 Å². The van der Waals surface area contributed by atoms with E-state index in [0.717, 1.165) is 32.0 Å². The second kappa shape index (κ2) is 16.5. The van der Waals surface area contributed by atoms with Gasteiger partial charge in [0.1, 0.15) is 6.61 Å².